The number of methoxy groups -OCH3 is 1. The normalized spacial score (nSPS) is 13.1. The van der Waals surface area contributed by atoms with E-state index in [0.717, 1.165) is 17.7 Å². The number of unbranched alkanes of at least 4 members (excludes halogenated alkanes) is 1. The summed E-state index contributed by atoms with van der Waals surface area (Å²) in [5, 5.41) is 8.51. The second-order valence-electron chi connectivity index (χ2n) is 8.52. The molecule has 192 valence electrons. The van der Waals surface area contributed by atoms with Crippen LogP contribution in [0.25, 0.3) is 0 Å². The predicted molar refractivity (Wildman–Crippen MR) is 143 cm³/mol. The van der Waals surface area contributed by atoms with E-state index < -0.39 is 26.9 Å². The molecule has 0 heterocycles. The van der Waals surface area contributed by atoms with Crippen molar-refractivity contribution in [1.82, 2.24) is 5.48 Å². The molecule has 0 aliphatic heterocycles. The molecule has 0 bridgehead atoms. The smallest absolute Gasteiger partial charge is 0.247 e. The molecule has 3 rings (SSSR count). The van der Waals surface area contributed by atoms with Gasteiger partial charge in [-0.2, -0.15) is 0 Å². The Balaban J connectivity index is 1.80. The monoisotopic (exact) mass is 527 g/mol. The average Bonchev–Trinajstić information content (AvgIpc) is 2.92. The topological polar surface area (TPSA) is 92.7 Å². The van der Waals surface area contributed by atoms with Gasteiger partial charge in [-0.1, -0.05) is 55.0 Å². The van der Waals surface area contributed by atoms with E-state index in [9.17, 15) is 18.4 Å². The third kappa shape index (κ3) is 7.85. The fraction of sp³-hybridized carbons (Fsp3) is 0.321. The Kier molecular flexibility index (Phi) is 10.8. The lowest BCUT2D eigenvalue weighted by Crippen LogP contribution is -2.40. The van der Waals surface area contributed by atoms with Crippen LogP contribution in [0, 0.1) is 5.92 Å². The minimum absolute atomic E-state index is 0.141. The molecule has 0 fully saturated rings. The van der Waals surface area contributed by atoms with E-state index in [1.807, 2.05) is 60.7 Å². The van der Waals surface area contributed by atoms with E-state index in [1.165, 1.54) is 24.8 Å². The highest BCUT2D eigenvalue weighted by Gasteiger charge is 2.38. The van der Waals surface area contributed by atoms with Crippen molar-refractivity contribution in [2.75, 3.05) is 12.9 Å². The Morgan fingerprint density at radius 3 is 2.17 bits per heavy atom. The lowest BCUT2D eigenvalue weighted by Gasteiger charge is -2.26. The molecule has 3 aromatic carbocycles. The molecular weight excluding hydrogens is 494 g/mol. The maximum Gasteiger partial charge on any atom is 0.247 e. The largest absolute Gasteiger partial charge is 0.497 e. The molecule has 1 amide bonds. The number of benzene rings is 3. The first-order valence-electron chi connectivity index (χ1n) is 12.0. The fourth-order valence-corrected chi connectivity index (χ4v) is 7.21. The molecular formula is C28H33NO5S2. The van der Waals surface area contributed by atoms with Crippen molar-refractivity contribution in [3.8, 4) is 5.75 Å². The Morgan fingerprint density at radius 1 is 0.917 bits per heavy atom. The second kappa shape index (κ2) is 14.1. The highest BCUT2D eigenvalue weighted by atomic mass is 32.2. The molecule has 0 saturated heterocycles. The first kappa shape index (κ1) is 27.8. The van der Waals surface area contributed by atoms with Gasteiger partial charge in [0.15, 0.2) is 9.84 Å². The molecule has 8 heteroatoms. The van der Waals surface area contributed by atoms with Gasteiger partial charge in [-0.15, -0.1) is 11.8 Å². The Morgan fingerprint density at radius 2 is 1.56 bits per heavy atom. The predicted octanol–water partition coefficient (Wildman–Crippen LogP) is 5.55. The third-order valence-corrected chi connectivity index (χ3v) is 9.51. The van der Waals surface area contributed by atoms with E-state index in [0.29, 0.717) is 30.8 Å². The summed E-state index contributed by atoms with van der Waals surface area (Å²) in [6, 6.07) is 26.0. The number of carbonyl (C=O) groups is 1. The molecule has 0 radical (unpaired) electrons. The number of hydroxylamine groups is 1. The number of thioether (sulfide) groups is 1. The van der Waals surface area contributed by atoms with Crippen molar-refractivity contribution in [3.05, 3.63) is 90.5 Å². The Hall–Kier alpha value is -2.81. The zero-order chi connectivity index (χ0) is 25.8. The molecule has 2 N–H and O–H groups in total. The van der Waals surface area contributed by atoms with Gasteiger partial charge in [0.05, 0.1) is 23.2 Å². The highest BCUT2D eigenvalue weighted by Crippen LogP contribution is 2.31. The lowest BCUT2D eigenvalue weighted by atomic mass is 9.96. The summed E-state index contributed by atoms with van der Waals surface area (Å²) in [7, 11) is -2.34. The number of sulfone groups is 1. The van der Waals surface area contributed by atoms with Crippen molar-refractivity contribution in [2.24, 2.45) is 5.92 Å². The van der Waals surface area contributed by atoms with Gasteiger partial charge >= 0.3 is 0 Å². The maximum absolute atomic E-state index is 13.8. The van der Waals surface area contributed by atoms with Crippen LogP contribution >= 0.6 is 11.8 Å². The number of carbonyl (C=O) groups excluding carboxylic acids is 1. The van der Waals surface area contributed by atoms with Crippen LogP contribution in [0.4, 0.5) is 0 Å². The van der Waals surface area contributed by atoms with Crippen molar-refractivity contribution in [1.29, 1.82) is 0 Å². The van der Waals surface area contributed by atoms with Gasteiger partial charge in [-0.3, -0.25) is 10.0 Å². The quantitative estimate of drug-likeness (QED) is 0.124. The van der Waals surface area contributed by atoms with Crippen LogP contribution in [-0.2, 0) is 21.1 Å². The summed E-state index contributed by atoms with van der Waals surface area (Å²) in [6.45, 7) is 0. The number of aryl methyl sites for hydroxylation is 1. The second-order valence-corrected chi connectivity index (χ2v) is 11.9. The molecule has 0 aromatic heterocycles. The average molecular weight is 528 g/mol. The summed E-state index contributed by atoms with van der Waals surface area (Å²) < 4.78 is 32.7. The molecule has 6 nitrogen and oxygen atoms in total. The number of hydrogen-bond donors (Lipinski definition) is 2. The number of ether oxygens (including phenoxy) is 1. The highest BCUT2D eigenvalue weighted by molar-refractivity contribution is 7.99. The fourth-order valence-electron chi connectivity index (χ4n) is 4.22. The van der Waals surface area contributed by atoms with Gasteiger partial charge in [0, 0.05) is 4.90 Å². The first-order valence-corrected chi connectivity index (χ1v) is 14.5. The van der Waals surface area contributed by atoms with Gasteiger partial charge in [-0.05, 0) is 73.4 Å². The number of hydrogen-bond acceptors (Lipinski definition) is 6. The van der Waals surface area contributed by atoms with Gasteiger partial charge in [0.2, 0.25) is 5.91 Å². The first-order chi connectivity index (χ1) is 17.5. The molecule has 2 unspecified atom stereocenters. The van der Waals surface area contributed by atoms with Crippen LogP contribution in [0.1, 0.15) is 31.2 Å². The summed E-state index contributed by atoms with van der Waals surface area (Å²) in [5.41, 5.74) is 2.91. The molecule has 0 aliphatic rings. The van der Waals surface area contributed by atoms with E-state index >= 15 is 0 Å². The molecule has 0 aliphatic carbocycles. The zero-order valence-corrected chi connectivity index (χ0v) is 22.0. The van der Waals surface area contributed by atoms with E-state index in [-0.39, 0.29) is 4.90 Å². The van der Waals surface area contributed by atoms with Crippen molar-refractivity contribution in [2.45, 2.75) is 47.1 Å². The maximum atomic E-state index is 13.8. The van der Waals surface area contributed by atoms with E-state index in [2.05, 4.69) is 0 Å². The standard InChI is InChI=1S/C28H33NO5S2/c1-34-23-16-18-25(19-17-23)36(32,33)27(15-9-8-12-22-10-4-2-5-11-22)26(28(30)29-31)20-21-35-24-13-6-3-7-14-24/h2-7,10-11,13-14,16-19,26-27,31H,8-9,12,15,20-21H2,1H3,(H,29,30). The molecule has 0 spiro atoms. The Labute approximate surface area is 218 Å². The minimum atomic E-state index is -3.86. The van der Waals surface area contributed by atoms with Crippen LogP contribution < -0.4 is 10.2 Å². The van der Waals surface area contributed by atoms with Gasteiger partial charge < -0.3 is 4.74 Å². The van der Waals surface area contributed by atoms with Crippen molar-refractivity contribution in [3.63, 3.8) is 0 Å². The molecule has 2 atom stereocenters. The summed E-state index contributed by atoms with van der Waals surface area (Å²) in [4.78, 5) is 14.0. The van der Waals surface area contributed by atoms with E-state index in [4.69, 9.17) is 4.74 Å². The Bertz CT molecular complexity index is 1170. The summed E-state index contributed by atoms with van der Waals surface area (Å²) in [5.74, 6) is -0.470. The SMILES string of the molecule is COc1ccc(S(=O)(=O)C(CCCCc2ccccc2)C(CCSc2ccccc2)C(=O)NO)cc1. The van der Waals surface area contributed by atoms with Gasteiger partial charge in [0.25, 0.3) is 0 Å². The van der Waals surface area contributed by atoms with Gasteiger partial charge in [0.1, 0.15) is 5.75 Å². The van der Waals surface area contributed by atoms with Crippen LogP contribution in [0.2, 0.25) is 0 Å². The van der Waals surface area contributed by atoms with Crippen LogP contribution in [0.5, 0.6) is 5.75 Å². The third-order valence-electron chi connectivity index (χ3n) is 6.17. The minimum Gasteiger partial charge on any atom is -0.497 e. The number of amides is 1. The molecule has 0 saturated carbocycles. The van der Waals surface area contributed by atoms with Crippen LogP contribution in [-0.4, -0.2) is 37.6 Å². The number of nitrogens with one attached hydrogen (secondary N) is 1. The van der Waals surface area contributed by atoms with Crippen molar-refractivity contribution < 1.29 is 23.2 Å². The van der Waals surface area contributed by atoms with Gasteiger partial charge in [-0.25, -0.2) is 13.9 Å². The number of rotatable bonds is 14. The lowest BCUT2D eigenvalue weighted by molar-refractivity contribution is -0.133. The van der Waals surface area contributed by atoms with E-state index in [1.54, 1.807) is 29.4 Å². The van der Waals surface area contributed by atoms with Crippen LogP contribution in [0.15, 0.2) is 94.7 Å². The summed E-state index contributed by atoms with van der Waals surface area (Å²) in [6.07, 6.45) is 2.89. The zero-order valence-electron chi connectivity index (χ0n) is 20.4. The molecule has 36 heavy (non-hydrogen) atoms. The van der Waals surface area contributed by atoms with Crippen LogP contribution in [0.3, 0.4) is 0 Å². The molecule has 3 aromatic rings. The summed E-state index contributed by atoms with van der Waals surface area (Å²) >= 11 is 1.56. The van der Waals surface area contributed by atoms with Crippen molar-refractivity contribution >= 4 is 27.5 Å².